The van der Waals surface area contributed by atoms with Gasteiger partial charge in [0.15, 0.2) is 0 Å². The molecule has 0 N–H and O–H groups in total. The Morgan fingerprint density at radius 2 is 1.65 bits per heavy atom. The lowest BCUT2D eigenvalue weighted by molar-refractivity contribution is 0.0528. The average Bonchev–Trinajstić information content (AvgIpc) is 2.69. The molecule has 3 rings (SSSR count). The van der Waals surface area contributed by atoms with Crippen molar-refractivity contribution >= 4 is 12.4 Å². The van der Waals surface area contributed by atoms with Crippen LogP contribution in [0.1, 0.15) is 11.1 Å². The molecule has 1 radical (unpaired) electrons. The number of hydrogen-bond acceptors (Lipinski definition) is 4. The Hall–Kier alpha value is -2.66. The number of hydrogen-bond donors (Lipinski definition) is 0. The molecule has 0 bridgehead atoms. The van der Waals surface area contributed by atoms with Gasteiger partial charge in [-0.05, 0) is 17.5 Å². The zero-order valence-corrected chi connectivity index (χ0v) is 14.7. The van der Waals surface area contributed by atoms with Gasteiger partial charge in [-0.15, -0.1) is 0 Å². The van der Waals surface area contributed by atoms with E-state index < -0.39 is 0 Å². The number of carbonyl (C=O) groups is 1. The Labute approximate surface area is 154 Å². The quantitative estimate of drug-likeness (QED) is 0.803. The molecular formula is C21H23N2O3. The second kappa shape index (κ2) is 9.15. The maximum atomic E-state index is 12.4. The molecule has 26 heavy (non-hydrogen) atoms. The highest BCUT2D eigenvalue weighted by Crippen LogP contribution is 2.16. The molecule has 5 nitrogen and oxygen atoms in total. The summed E-state index contributed by atoms with van der Waals surface area (Å²) in [7, 11) is 0. The fourth-order valence-corrected chi connectivity index (χ4v) is 3.24. The van der Waals surface area contributed by atoms with Gasteiger partial charge in [0, 0.05) is 25.7 Å². The number of ether oxygens (including phenoxy) is 1. The van der Waals surface area contributed by atoms with Crippen molar-refractivity contribution in [1.29, 1.82) is 0 Å². The predicted molar refractivity (Wildman–Crippen MR) is 99.4 cm³/mol. The Kier molecular flexibility index (Phi) is 6.39. The second-order valence-electron chi connectivity index (χ2n) is 6.44. The fraction of sp³-hybridized carbons (Fsp3) is 0.333. The van der Waals surface area contributed by atoms with Crippen LogP contribution in [-0.4, -0.2) is 54.4 Å². The fourth-order valence-electron chi connectivity index (χ4n) is 3.24. The molecule has 1 fully saturated rings. The van der Waals surface area contributed by atoms with Crippen molar-refractivity contribution in [1.82, 2.24) is 9.80 Å². The molecule has 2 aromatic carbocycles. The van der Waals surface area contributed by atoms with Gasteiger partial charge in [0.2, 0.25) is 6.29 Å². The molecule has 0 aliphatic carbocycles. The summed E-state index contributed by atoms with van der Waals surface area (Å²) in [6, 6.07) is 19.8. The van der Waals surface area contributed by atoms with Crippen molar-refractivity contribution in [2.75, 3.05) is 26.2 Å². The Balaban J connectivity index is 1.60. The van der Waals surface area contributed by atoms with Crippen molar-refractivity contribution in [3.63, 3.8) is 0 Å². The van der Waals surface area contributed by atoms with Gasteiger partial charge in [0.05, 0.1) is 6.54 Å². The molecule has 0 aromatic heterocycles. The number of amides is 1. The lowest BCUT2D eigenvalue weighted by atomic mass is 10.0. The highest BCUT2D eigenvalue weighted by atomic mass is 16.6. The summed E-state index contributed by atoms with van der Waals surface area (Å²) in [4.78, 5) is 27.1. The minimum atomic E-state index is -0.304. The molecule has 2 aromatic rings. The number of carbonyl (C=O) groups excluding carboxylic acids is 2. The number of nitrogens with zero attached hydrogens (tertiary/aromatic N) is 2. The van der Waals surface area contributed by atoms with Gasteiger partial charge in [0.25, 0.3) is 0 Å². The zero-order chi connectivity index (χ0) is 18.2. The van der Waals surface area contributed by atoms with E-state index in [-0.39, 0.29) is 25.3 Å². The molecule has 0 saturated carbocycles. The van der Waals surface area contributed by atoms with E-state index in [4.69, 9.17) is 4.74 Å². The number of benzene rings is 2. The van der Waals surface area contributed by atoms with Crippen LogP contribution in [0.2, 0.25) is 0 Å². The first-order valence-corrected chi connectivity index (χ1v) is 8.85. The van der Waals surface area contributed by atoms with Crippen LogP contribution in [0, 0.1) is 0 Å². The van der Waals surface area contributed by atoms with Crippen LogP contribution in [0.25, 0.3) is 0 Å². The third-order valence-electron chi connectivity index (χ3n) is 4.65. The SMILES string of the molecule is O=[C]CN1CCN(C(=O)OCc2ccccc2)CC1Cc1ccccc1. The number of rotatable bonds is 6. The van der Waals surface area contributed by atoms with Gasteiger partial charge < -0.3 is 9.64 Å². The highest BCUT2D eigenvalue weighted by Gasteiger charge is 2.30. The molecular weight excluding hydrogens is 328 g/mol. The summed E-state index contributed by atoms with van der Waals surface area (Å²) in [5, 5.41) is 0. The van der Waals surface area contributed by atoms with E-state index in [1.165, 1.54) is 5.56 Å². The van der Waals surface area contributed by atoms with Crippen LogP contribution in [0.3, 0.4) is 0 Å². The molecule has 1 aliphatic rings. The van der Waals surface area contributed by atoms with E-state index in [1.54, 1.807) is 4.90 Å². The molecule has 1 unspecified atom stereocenters. The molecule has 1 aliphatic heterocycles. The summed E-state index contributed by atoms with van der Waals surface area (Å²) >= 11 is 0. The van der Waals surface area contributed by atoms with Crippen LogP contribution < -0.4 is 0 Å². The van der Waals surface area contributed by atoms with Gasteiger partial charge in [-0.2, -0.15) is 0 Å². The van der Waals surface area contributed by atoms with E-state index >= 15 is 0 Å². The predicted octanol–water partition coefficient (Wildman–Crippen LogP) is 2.66. The molecule has 0 spiro atoms. The normalized spacial score (nSPS) is 17.7. The Morgan fingerprint density at radius 3 is 2.31 bits per heavy atom. The van der Waals surface area contributed by atoms with Crippen molar-refractivity contribution in [2.45, 2.75) is 19.1 Å². The second-order valence-corrected chi connectivity index (χ2v) is 6.44. The minimum absolute atomic E-state index is 0.0804. The maximum Gasteiger partial charge on any atom is 0.410 e. The first-order chi connectivity index (χ1) is 12.8. The van der Waals surface area contributed by atoms with E-state index in [9.17, 15) is 9.59 Å². The van der Waals surface area contributed by atoms with Gasteiger partial charge in [-0.3, -0.25) is 9.69 Å². The third-order valence-corrected chi connectivity index (χ3v) is 4.65. The third kappa shape index (κ3) is 4.92. The van der Waals surface area contributed by atoms with Crippen LogP contribution in [-0.2, 0) is 22.6 Å². The van der Waals surface area contributed by atoms with Crippen molar-refractivity contribution < 1.29 is 14.3 Å². The van der Waals surface area contributed by atoms with E-state index in [1.807, 2.05) is 54.8 Å². The summed E-state index contributed by atoms with van der Waals surface area (Å²) < 4.78 is 5.45. The summed E-state index contributed by atoms with van der Waals surface area (Å²) in [5.74, 6) is 0. The van der Waals surface area contributed by atoms with Crippen LogP contribution in [0.4, 0.5) is 4.79 Å². The molecule has 1 heterocycles. The highest BCUT2D eigenvalue weighted by molar-refractivity contribution is 5.68. The van der Waals surface area contributed by atoms with Gasteiger partial charge in [-0.25, -0.2) is 4.79 Å². The summed E-state index contributed by atoms with van der Waals surface area (Å²) in [6.45, 7) is 2.29. The Morgan fingerprint density at radius 1 is 1.00 bits per heavy atom. The first-order valence-electron chi connectivity index (χ1n) is 8.85. The minimum Gasteiger partial charge on any atom is -0.445 e. The molecule has 1 atom stereocenters. The van der Waals surface area contributed by atoms with Crippen molar-refractivity contribution in [2.24, 2.45) is 0 Å². The molecule has 135 valence electrons. The number of piperazine rings is 1. The van der Waals surface area contributed by atoms with E-state index in [2.05, 4.69) is 17.0 Å². The monoisotopic (exact) mass is 351 g/mol. The van der Waals surface area contributed by atoms with Crippen molar-refractivity contribution in [3.8, 4) is 0 Å². The zero-order valence-electron chi connectivity index (χ0n) is 14.7. The molecule has 1 amide bonds. The maximum absolute atomic E-state index is 12.4. The van der Waals surface area contributed by atoms with Crippen molar-refractivity contribution in [3.05, 3.63) is 71.8 Å². The molecule has 1 saturated heterocycles. The van der Waals surface area contributed by atoms with Gasteiger partial charge in [0.1, 0.15) is 6.61 Å². The van der Waals surface area contributed by atoms with Crippen LogP contribution >= 0.6 is 0 Å². The lowest BCUT2D eigenvalue weighted by Crippen LogP contribution is -2.55. The van der Waals surface area contributed by atoms with E-state index in [0.29, 0.717) is 19.6 Å². The summed E-state index contributed by atoms with van der Waals surface area (Å²) in [5.41, 5.74) is 2.16. The smallest absolute Gasteiger partial charge is 0.410 e. The Bertz CT molecular complexity index is 706. The van der Waals surface area contributed by atoms with Gasteiger partial charge >= 0.3 is 6.09 Å². The average molecular weight is 351 g/mol. The topological polar surface area (TPSA) is 49.9 Å². The summed E-state index contributed by atoms with van der Waals surface area (Å²) in [6.07, 6.45) is 2.46. The van der Waals surface area contributed by atoms with Crippen LogP contribution in [0.15, 0.2) is 60.7 Å². The first kappa shape index (κ1) is 18.1. The molecule has 5 heteroatoms. The largest absolute Gasteiger partial charge is 0.445 e. The van der Waals surface area contributed by atoms with E-state index in [0.717, 1.165) is 12.0 Å². The lowest BCUT2D eigenvalue weighted by Gasteiger charge is -2.40. The van der Waals surface area contributed by atoms with Gasteiger partial charge in [-0.1, -0.05) is 60.7 Å². The standard InChI is InChI=1S/C21H23N2O3/c24-14-13-22-11-12-23(16-20(22)15-18-7-3-1-4-8-18)21(25)26-17-19-9-5-2-6-10-19/h1-10,20H,11-13,15-17H2. The van der Waals surface area contributed by atoms with Crippen LogP contribution in [0.5, 0.6) is 0 Å².